The number of hydrogen-bond donors (Lipinski definition) is 1. The summed E-state index contributed by atoms with van der Waals surface area (Å²) in [5.41, 5.74) is 8.14. The zero-order valence-corrected chi connectivity index (χ0v) is 11.8. The Balaban J connectivity index is 2.22. The summed E-state index contributed by atoms with van der Waals surface area (Å²) in [6.07, 6.45) is 0.971. The Morgan fingerprint density at radius 3 is 2.74 bits per heavy atom. The summed E-state index contributed by atoms with van der Waals surface area (Å²) in [4.78, 5) is 15.8. The number of likely N-dealkylation sites (N-methyl/N-ethyl adjacent to an activating group) is 1. The standard InChI is InChI=1S/C15H23N3O/c1-12(7-8-16)13-5-3-4-6-14(13)18-10-9-17(2)15(19)11-18/h3-6,12H,7-11,16H2,1-2H3. The summed E-state index contributed by atoms with van der Waals surface area (Å²) >= 11 is 0. The maximum absolute atomic E-state index is 11.8. The Kier molecular flexibility index (Phi) is 4.43. The molecule has 1 saturated heterocycles. The van der Waals surface area contributed by atoms with Crippen molar-refractivity contribution in [2.75, 3.05) is 38.1 Å². The van der Waals surface area contributed by atoms with E-state index in [1.54, 1.807) is 4.90 Å². The molecule has 0 aliphatic carbocycles. The molecule has 2 rings (SSSR count). The summed E-state index contributed by atoms with van der Waals surface area (Å²) in [7, 11) is 1.86. The molecule has 1 amide bonds. The van der Waals surface area contributed by atoms with Gasteiger partial charge < -0.3 is 15.5 Å². The summed E-state index contributed by atoms with van der Waals surface area (Å²) in [6.45, 7) is 5.05. The molecule has 2 N–H and O–H groups in total. The van der Waals surface area contributed by atoms with Crippen LogP contribution >= 0.6 is 0 Å². The first-order valence-electron chi connectivity index (χ1n) is 6.91. The van der Waals surface area contributed by atoms with Crippen molar-refractivity contribution in [1.82, 2.24) is 4.90 Å². The second-order valence-electron chi connectivity index (χ2n) is 5.27. The fourth-order valence-corrected chi connectivity index (χ4v) is 2.56. The van der Waals surface area contributed by atoms with Gasteiger partial charge in [-0.2, -0.15) is 0 Å². The third-order valence-corrected chi connectivity index (χ3v) is 3.87. The van der Waals surface area contributed by atoms with Crippen LogP contribution in [0.4, 0.5) is 5.69 Å². The molecule has 104 valence electrons. The zero-order valence-electron chi connectivity index (χ0n) is 11.8. The number of carbonyl (C=O) groups is 1. The van der Waals surface area contributed by atoms with Crippen LogP contribution in [0.3, 0.4) is 0 Å². The predicted molar refractivity (Wildman–Crippen MR) is 78.4 cm³/mol. The molecule has 4 nitrogen and oxygen atoms in total. The third-order valence-electron chi connectivity index (χ3n) is 3.87. The molecule has 0 bridgehead atoms. The first kappa shape index (κ1) is 13.9. The summed E-state index contributed by atoms with van der Waals surface area (Å²) < 4.78 is 0. The Hall–Kier alpha value is -1.55. The summed E-state index contributed by atoms with van der Waals surface area (Å²) in [5, 5.41) is 0. The van der Waals surface area contributed by atoms with Crippen molar-refractivity contribution >= 4 is 11.6 Å². The lowest BCUT2D eigenvalue weighted by Gasteiger charge is -2.35. The minimum Gasteiger partial charge on any atom is -0.360 e. The van der Waals surface area contributed by atoms with Gasteiger partial charge in [0.05, 0.1) is 6.54 Å². The Morgan fingerprint density at radius 2 is 2.05 bits per heavy atom. The molecule has 1 heterocycles. The molecule has 1 unspecified atom stereocenters. The minimum atomic E-state index is 0.188. The Labute approximate surface area is 115 Å². The van der Waals surface area contributed by atoms with Crippen LogP contribution in [-0.4, -0.2) is 44.0 Å². The van der Waals surface area contributed by atoms with Gasteiger partial charge in [-0.05, 0) is 30.5 Å². The van der Waals surface area contributed by atoms with Gasteiger partial charge in [0.1, 0.15) is 0 Å². The van der Waals surface area contributed by atoms with Gasteiger partial charge in [-0.25, -0.2) is 0 Å². The third kappa shape index (κ3) is 3.07. The number of amides is 1. The highest BCUT2D eigenvalue weighted by Crippen LogP contribution is 2.30. The second-order valence-corrected chi connectivity index (χ2v) is 5.27. The van der Waals surface area contributed by atoms with Crippen LogP contribution < -0.4 is 10.6 Å². The number of anilines is 1. The van der Waals surface area contributed by atoms with Gasteiger partial charge in [0.15, 0.2) is 0 Å². The van der Waals surface area contributed by atoms with E-state index < -0.39 is 0 Å². The first-order chi connectivity index (χ1) is 9.13. The van der Waals surface area contributed by atoms with Gasteiger partial charge in [-0.15, -0.1) is 0 Å². The molecule has 0 spiro atoms. The van der Waals surface area contributed by atoms with Crippen LogP contribution in [0.5, 0.6) is 0 Å². The van der Waals surface area contributed by atoms with Crippen molar-refractivity contribution in [1.29, 1.82) is 0 Å². The Morgan fingerprint density at radius 1 is 1.32 bits per heavy atom. The normalized spacial score (nSPS) is 17.7. The van der Waals surface area contributed by atoms with E-state index in [4.69, 9.17) is 5.73 Å². The molecule has 19 heavy (non-hydrogen) atoms. The molecule has 1 fully saturated rings. The molecule has 1 aliphatic rings. The summed E-state index contributed by atoms with van der Waals surface area (Å²) in [6, 6.07) is 8.36. The van der Waals surface area contributed by atoms with Crippen molar-refractivity contribution in [2.45, 2.75) is 19.3 Å². The van der Waals surface area contributed by atoms with Gasteiger partial charge in [-0.1, -0.05) is 25.1 Å². The number of hydrogen-bond acceptors (Lipinski definition) is 3. The van der Waals surface area contributed by atoms with Crippen LogP contribution in [0.2, 0.25) is 0 Å². The van der Waals surface area contributed by atoms with Gasteiger partial charge >= 0.3 is 0 Å². The lowest BCUT2D eigenvalue weighted by Crippen LogP contribution is -2.48. The lowest BCUT2D eigenvalue weighted by molar-refractivity contribution is -0.129. The number of benzene rings is 1. The highest BCUT2D eigenvalue weighted by Gasteiger charge is 2.23. The molecule has 1 aromatic carbocycles. The zero-order chi connectivity index (χ0) is 13.8. The molecular weight excluding hydrogens is 238 g/mol. The molecule has 0 aromatic heterocycles. The van der Waals surface area contributed by atoms with E-state index in [1.807, 2.05) is 13.1 Å². The maximum Gasteiger partial charge on any atom is 0.241 e. The van der Waals surface area contributed by atoms with Crippen LogP contribution in [0.25, 0.3) is 0 Å². The number of rotatable bonds is 4. The van der Waals surface area contributed by atoms with Crippen molar-refractivity contribution < 1.29 is 4.79 Å². The first-order valence-corrected chi connectivity index (χ1v) is 6.91. The van der Waals surface area contributed by atoms with E-state index in [1.165, 1.54) is 11.3 Å². The van der Waals surface area contributed by atoms with Gasteiger partial charge in [-0.3, -0.25) is 4.79 Å². The van der Waals surface area contributed by atoms with E-state index in [0.717, 1.165) is 19.5 Å². The predicted octanol–water partition coefficient (Wildman–Crippen LogP) is 1.42. The van der Waals surface area contributed by atoms with Gasteiger partial charge in [0, 0.05) is 25.8 Å². The smallest absolute Gasteiger partial charge is 0.241 e. The van der Waals surface area contributed by atoms with Gasteiger partial charge in [0.2, 0.25) is 5.91 Å². The molecule has 1 aromatic rings. The van der Waals surface area contributed by atoms with E-state index in [-0.39, 0.29) is 5.91 Å². The largest absolute Gasteiger partial charge is 0.360 e. The average molecular weight is 261 g/mol. The fourth-order valence-electron chi connectivity index (χ4n) is 2.56. The number of para-hydroxylation sites is 1. The topological polar surface area (TPSA) is 49.6 Å². The lowest BCUT2D eigenvalue weighted by atomic mass is 9.95. The number of nitrogens with zero attached hydrogens (tertiary/aromatic N) is 2. The van der Waals surface area contributed by atoms with E-state index in [9.17, 15) is 4.79 Å². The average Bonchev–Trinajstić information content (AvgIpc) is 2.42. The SMILES string of the molecule is CC(CCN)c1ccccc1N1CCN(C)C(=O)C1. The molecular formula is C15H23N3O. The molecule has 4 heteroatoms. The van der Waals surface area contributed by atoms with Crippen LogP contribution in [0, 0.1) is 0 Å². The quantitative estimate of drug-likeness (QED) is 0.891. The van der Waals surface area contributed by atoms with E-state index in [0.29, 0.717) is 19.0 Å². The van der Waals surface area contributed by atoms with Crippen LogP contribution in [0.1, 0.15) is 24.8 Å². The van der Waals surface area contributed by atoms with Crippen molar-refractivity contribution in [3.63, 3.8) is 0 Å². The van der Waals surface area contributed by atoms with Crippen molar-refractivity contribution in [3.8, 4) is 0 Å². The van der Waals surface area contributed by atoms with E-state index in [2.05, 4.69) is 30.0 Å². The number of carbonyl (C=O) groups excluding carboxylic acids is 1. The Bertz CT molecular complexity index is 447. The van der Waals surface area contributed by atoms with Crippen molar-refractivity contribution in [3.05, 3.63) is 29.8 Å². The minimum absolute atomic E-state index is 0.188. The molecule has 0 saturated carbocycles. The monoisotopic (exact) mass is 261 g/mol. The fraction of sp³-hybridized carbons (Fsp3) is 0.533. The summed E-state index contributed by atoms with van der Waals surface area (Å²) in [5.74, 6) is 0.614. The molecule has 1 aliphatic heterocycles. The number of nitrogens with two attached hydrogens (primary N) is 1. The van der Waals surface area contributed by atoms with Crippen molar-refractivity contribution in [2.24, 2.45) is 5.73 Å². The molecule has 0 radical (unpaired) electrons. The van der Waals surface area contributed by atoms with E-state index >= 15 is 0 Å². The van der Waals surface area contributed by atoms with Gasteiger partial charge in [0.25, 0.3) is 0 Å². The van der Waals surface area contributed by atoms with Crippen LogP contribution in [-0.2, 0) is 4.79 Å². The molecule has 1 atom stereocenters. The highest BCUT2D eigenvalue weighted by atomic mass is 16.2. The second kappa shape index (κ2) is 6.06. The van der Waals surface area contributed by atoms with Crippen LogP contribution in [0.15, 0.2) is 24.3 Å². The highest BCUT2D eigenvalue weighted by molar-refractivity contribution is 5.83. The number of piperazine rings is 1. The maximum atomic E-state index is 11.8.